The molecule has 4 rings (SSSR count). The molecule has 0 spiro atoms. The number of nitrogens with zero attached hydrogens (tertiary/aromatic N) is 3. The van der Waals surface area contributed by atoms with E-state index in [2.05, 4.69) is 34.1 Å². The van der Waals surface area contributed by atoms with Crippen molar-refractivity contribution >= 4 is 11.4 Å². The molecule has 4 nitrogen and oxygen atoms in total. The molecule has 28 heavy (non-hydrogen) atoms. The molecule has 2 aromatic rings. The molecular formula is C23H27FN4. The topological polar surface area (TPSA) is 44.9 Å². The van der Waals surface area contributed by atoms with Gasteiger partial charge in [-0.05, 0) is 49.7 Å². The minimum atomic E-state index is -0.262. The third-order valence-electron chi connectivity index (χ3n) is 5.47. The molecule has 2 aliphatic rings. The largest absolute Gasteiger partial charge is 0.401 e. The zero-order valence-electron chi connectivity index (χ0n) is 16.4. The normalized spacial score (nSPS) is 18.4. The highest BCUT2D eigenvalue weighted by atomic mass is 19.1. The van der Waals surface area contributed by atoms with E-state index in [1.165, 1.54) is 24.6 Å². The highest BCUT2D eigenvalue weighted by Gasteiger charge is 2.23. The van der Waals surface area contributed by atoms with Gasteiger partial charge in [0.25, 0.3) is 0 Å². The number of halogens is 1. The summed E-state index contributed by atoms with van der Waals surface area (Å²) in [6, 6.07) is 15.3. The van der Waals surface area contributed by atoms with Crippen molar-refractivity contribution in [3.05, 3.63) is 76.7 Å². The first-order chi connectivity index (χ1) is 13.6. The third-order valence-corrected chi connectivity index (χ3v) is 5.47. The lowest BCUT2D eigenvalue weighted by Crippen LogP contribution is -2.18. The number of nitrogens with two attached hydrogens (primary N) is 1. The van der Waals surface area contributed by atoms with E-state index < -0.39 is 0 Å². The Morgan fingerprint density at radius 1 is 1.07 bits per heavy atom. The van der Waals surface area contributed by atoms with Crippen molar-refractivity contribution in [2.75, 3.05) is 38.1 Å². The number of benzene rings is 2. The van der Waals surface area contributed by atoms with Gasteiger partial charge in [0, 0.05) is 48.7 Å². The number of hydrogen-bond donors (Lipinski definition) is 1. The predicted octanol–water partition coefficient (Wildman–Crippen LogP) is 3.57. The molecule has 0 saturated carbocycles. The van der Waals surface area contributed by atoms with Gasteiger partial charge in [-0.15, -0.1) is 0 Å². The van der Waals surface area contributed by atoms with Gasteiger partial charge < -0.3 is 10.6 Å². The molecule has 0 bridgehead atoms. The first-order valence-corrected chi connectivity index (χ1v) is 9.91. The fourth-order valence-electron chi connectivity index (χ4n) is 4.03. The molecule has 0 amide bonds. The molecule has 5 heteroatoms. The van der Waals surface area contributed by atoms with Gasteiger partial charge in [-0.1, -0.05) is 24.3 Å². The summed E-state index contributed by atoms with van der Waals surface area (Å²) in [5, 5.41) is 0. The number of aliphatic imine (C=N–C) groups is 1. The van der Waals surface area contributed by atoms with E-state index in [1.54, 1.807) is 12.1 Å². The smallest absolute Gasteiger partial charge is 0.132 e. The maximum absolute atomic E-state index is 14.5. The lowest BCUT2D eigenvalue weighted by molar-refractivity contribution is 0.426. The number of likely N-dealkylation sites (N-methyl/N-ethyl adjacent to an activating group) is 1. The van der Waals surface area contributed by atoms with Crippen LogP contribution in [-0.4, -0.2) is 43.8 Å². The Morgan fingerprint density at radius 3 is 2.57 bits per heavy atom. The maximum Gasteiger partial charge on any atom is 0.132 e. The SMILES string of the molecule is CN1CC(N)=C(C(=NCc2cccc(N3CCCC3)c2)c2ccccc2F)C1. The highest BCUT2D eigenvalue weighted by molar-refractivity contribution is 6.13. The lowest BCUT2D eigenvalue weighted by Gasteiger charge is -2.18. The highest BCUT2D eigenvalue weighted by Crippen LogP contribution is 2.24. The molecular weight excluding hydrogens is 351 g/mol. The summed E-state index contributed by atoms with van der Waals surface area (Å²) >= 11 is 0. The molecule has 2 aromatic carbocycles. The van der Waals surface area contributed by atoms with Crippen molar-refractivity contribution in [2.45, 2.75) is 19.4 Å². The zero-order valence-corrected chi connectivity index (χ0v) is 16.4. The molecule has 2 aliphatic heterocycles. The van der Waals surface area contributed by atoms with Crippen molar-refractivity contribution in [3.63, 3.8) is 0 Å². The van der Waals surface area contributed by atoms with Crippen LogP contribution in [0.3, 0.4) is 0 Å². The van der Waals surface area contributed by atoms with E-state index in [-0.39, 0.29) is 5.82 Å². The maximum atomic E-state index is 14.5. The summed E-state index contributed by atoms with van der Waals surface area (Å²) in [5.41, 5.74) is 11.5. The van der Waals surface area contributed by atoms with E-state index in [0.717, 1.165) is 29.9 Å². The quantitative estimate of drug-likeness (QED) is 0.809. The van der Waals surface area contributed by atoms with Gasteiger partial charge in [-0.3, -0.25) is 9.89 Å². The van der Waals surface area contributed by atoms with Crippen LogP contribution < -0.4 is 10.6 Å². The predicted molar refractivity (Wildman–Crippen MR) is 113 cm³/mol. The molecule has 0 radical (unpaired) electrons. The van der Waals surface area contributed by atoms with Crippen LogP contribution in [0, 0.1) is 5.82 Å². The molecule has 1 fully saturated rings. The summed E-state index contributed by atoms with van der Waals surface area (Å²) < 4.78 is 14.5. The zero-order chi connectivity index (χ0) is 19.5. The molecule has 0 atom stereocenters. The Balaban J connectivity index is 1.66. The van der Waals surface area contributed by atoms with Gasteiger partial charge >= 0.3 is 0 Å². The Morgan fingerprint density at radius 2 is 1.86 bits per heavy atom. The van der Waals surface area contributed by atoms with E-state index in [4.69, 9.17) is 10.7 Å². The van der Waals surface area contributed by atoms with Crippen molar-refractivity contribution in [1.82, 2.24) is 4.90 Å². The minimum absolute atomic E-state index is 0.262. The molecule has 146 valence electrons. The van der Waals surface area contributed by atoms with Crippen molar-refractivity contribution in [2.24, 2.45) is 10.7 Å². The second kappa shape index (κ2) is 8.15. The second-order valence-electron chi connectivity index (χ2n) is 7.68. The van der Waals surface area contributed by atoms with Gasteiger partial charge in [0.2, 0.25) is 0 Å². The van der Waals surface area contributed by atoms with Gasteiger partial charge in [0.1, 0.15) is 5.82 Å². The molecule has 0 aromatic heterocycles. The molecule has 1 saturated heterocycles. The molecule has 2 N–H and O–H groups in total. The van der Waals surface area contributed by atoms with Crippen LogP contribution in [0.1, 0.15) is 24.0 Å². The van der Waals surface area contributed by atoms with Crippen LogP contribution in [0.5, 0.6) is 0 Å². The van der Waals surface area contributed by atoms with E-state index in [1.807, 2.05) is 13.1 Å². The Labute approximate surface area is 166 Å². The summed E-state index contributed by atoms with van der Waals surface area (Å²) in [5.74, 6) is -0.262. The molecule has 0 aliphatic carbocycles. The second-order valence-corrected chi connectivity index (χ2v) is 7.68. The fraction of sp³-hybridized carbons (Fsp3) is 0.348. The van der Waals surface area contributed by atoms with Crippen molar-refractivity contribution < 1.29 is 4.39 Å². The Hall–Kier alpha value is -2.66. The first-order valence-electron chi connectivity index (χ1n) is 9.91. The Bertz CT molecular complexity index is 912. The van der Waals surface area contributed by atoms with E-state index in [9.17, 15) is 4.39 Å². The first kappa shape index (κ1) is 18.7. The summed E-state index contributed by atoms with van der Waals surface area (Å²) in [6.07, 6.45) is 2.50. The number of rotatable bonds is 5. The van der Waals surface area contributed by atoms with Crippen LogP contribution >= 0.6 is 0 Å². The monoisotopic (exact) mass is 378 g/mol. The van der Waals surface area contributed by atoms with Crippen LogP contribution in [0.25, 0.3) is 0 Å². The van der Waals surface area contributed by atoms with Gasteiger partial charge in [-0.25, -0.2) is 4.39 Å². The average Bonchev–Trinajstić information content (AvgIpc) is 3.34. The lowest BCUT2D eigenvalue weighted by atomic mass is 10.0. The fourth-order valence-corrected chi connectivity index (χ4v) is 4.03. The van der Waals surface area contributed by atoms with Crippen molar-refractivity contribution in [1.29, 1.82) is 0 Å². The van der Waals surface area contributed by atoms with E-state index >= 15 is 0 Å². The summed E-state index contributed by atoms with van der Waals surface area (Å²) in [4.78, 5) is 9.39. The van der Waals surface area contributed by atoms with Crippen LogP contribution in [0.2, 0.25) is 0 Å². The van der Waals surface area contributed by atoms with Gasteiger partial charge in [-0.2, -0.15) is 0 Å². The summed E-state index contributed by atoms with van der Waals surface area (Å²) in [6.45, 7) is 4.11. The van der Waals surface area contributed by atoms with Crippen molar-refractivity contribution in [3.8, 4) is 0 Å². The van der Waals surface area contributed by atoms with Crippen LogP contribution in [0.4, 0.5) is 10.1 Å². The minimum Gasteiger partial charge on any atom is -0.401 e. The number of hydrogen-bond acceptors (Lipinski definition) is 4. The third kappa shape index (κ3) is 3.94. The molecule has 0 unspecified atom stereocenters. The van der Waals surface area contributed by atoms with Gasteiger partial charge in [0.15, 0.2) is 0 Å². The van der Waals surface area contributed by atoms with E-state index in [0.29, 0.717) is 30.9 Å². The number of anilines is 1. The average molecular weight is 378 g/mol. The molecule has 2 heterocycles. The summed E-state index contributed by atoms with van der Waals surface area (Å²) in [7, 11) is 2.01. The Kier molecular flexibility index (Phi) is 5.44. The van der Waals surface area contributed by atoms with Crippen LogP contribution in [-0.2, 0) is 6.54 Å². The standard InChI is InChI=1S/C23H27FN4/c1-27-15-20(22(25)16-27)23(19-9-2-3-10-21(19)24)26-14-17-7-6-8-18(13-17)28-11-4-5-12-28/h2-3,6-10,13H,4-5,11-12,14-16,25H2,1H3. The van der Waals surface area contributed by atoms with Crippen LogP contribution in [0.15, 0.2) is 64.8 Å². The van der Waals surface area contributed by atoms with Gasteiger partial charge in [0.05, 0.1) is 12.3 Å².